The summed E-state index contributed by atoms with van der Waals surface area (Å²) < 4.78 is 0. The molecule has 0 radical (unpaired) electrons. The van der Waals surface area contributed by atoms with Crippen LogP contribution in [0.1, 0.15) is 134 Å². The standard InChI is InChI=1S/C29H48/c1-3-5-7-9-25-16-20-28(21-17-25)29-22-18-27(19-23-29)15-14-26-12-10-24(11-13-26)8-6-4-2/h18-19,22-26,28H,3-17,20-21H2,1-2H3. The summed E-state index contributed by atoms with van der Waals surface area (Å²) in [5.41, 5.74) is 3.20. The minimum absolute atomic E-state index is 0.838. The van der Waals surface area contributed by atoms with Gasteiger partial charge in [-0.05, 0) is 73.3 Å². The van der Waals surface area contributed by atoms with Crippen LogP contribution in [0.5, 0.6) is 0 Å². The monoisotopic (exact) mass is 396 g/mol. The third kappa shape index (κ3) is 7.76. The predicted molar refractivity (Wildman–Crippen MR) is 129 cm³/mol. The van der Waals surface area contributed by atoms with E-state index in [2.05, 4.69) is 38.1 Å². The van der Waals surface area contributed by atoms with Crippen LogP contribution in [0.4, 0.5) is 0 Å². The van der Waals surface area contributed by atoms with Crippen LogP contribution >= 0.6 is 0 Å². The summed E-state index contributed by atoms with van der Waals surface area (Å²) in [6.45, 7) is 4.65. The van der Waals surface area contributed by atoms with E-state index < -0.39 is 0 Å². The van der Waals surface area contributed by atoms with Gasteiger partial charge in [0.2, 0.25) is 0 Å². The summed E-state index contributed by atoms with van der Waals surface area (Å²) in [6.07, 6.45) is 24.6. The molecule has 0 unspecified atom stereocenters. The molecule has 0 aliphatic heterocycles. The van der Waals surface area contributed by atoms with Crippen LogP contribution < -0.4 is 0 Å². The van der Waals surface area contributed by atoms with Gasteiger partial charge in [-0.1, -0.05) is 109 Å². The van der Waals surface area contributed by atoms with Gasteiger partial charge in [0.1, 0.15) is 0 Å². The van der Waals surface area contributed by atoms with E-state index in [1.54, 1.807) is 11.1 Å². The molecule has 164 valence electrons. The van der Waals surface area contributed by atoms with Crippen molar-refractivity contribution in [2.45, 2.75) is 129 Å². The van der Waals surface area contributed by atoms with E-state index in [9.17, 15) is 0 Å². The fourth-order valence-electron chi connectivity index (χ4n) is 6.10. The molecule has 0 heteroatoms. The van der Waals surface area contributed by atoms with Crippen LogP contribution in [0.2, 0.25) is 0 Å². The molecule has 0 N–H and O–H groups in total. The smallest absolute Gasteiger partial charge is 0.0162 e. The van der Waals surface area contributed by atoms with Crippen molar-refractivity contribution < 1.29 is 0 Å². The van der Waals surface area contributed by atoms with E-state index in [0.717, 1.165) is 23.7 Å². The Labute approximate surface area is 182 Å². The molecule has 0 heterocycles. The molecule has 2 saturated carbocycles. The largest absolute Gasteiger partial charge is 0.0654 e. The number of hydrogen-bond acceptors (Lipinski definition) is 0. The lowest BCUT2D eigenvalue weighted by atomic mass is 9.76. The van der Waals surface area contributed by atoms with Crippen LogP contribution in [0.15, 0.2) is 24.3 Å². The molecule has 0 spiro atoms. The van der Waals surface area contributed by atoms with Gasteiger partial charge in [-0.2, -0.15) is 0 Å². The summed E-state index contributed by atoms with van der Waals surface area (Å²) >= 11 is 0. The zero-order valence-corrected chi connectivity index (χ0v) is 19.6. The van der Waals surface area contributed by atoms with Crippen LogP contribution in [0, 0.1) is 17.8 Å². The number of aryl methyl sites for hydroxylation is 1. The Morgan fingerprint density at radius 1 is 0.586 bits per heavy atom. The first-order valence-corrected chi connectivity index (χ1v) is 13.4. The summed E-state index contributed by atoms with van der Waals surface area (Å²) in [5.74, 6) is 3.90. The molecule has 3 rings (SSSR count). The average Bonchev–Trinajstić information content (AvgIpc) is 2.78. The summed E-state index contributed by atoms with van der Waals surface area (Å²) in [4.78, 5) is 0. The lowest BCUT2D eigenvalue weighted by Gasteiger charge is -2.29. The molecule has 1 aromatic rings. The highest BCUT2D eigenvalue weighted by Crippen LogP contribution is 2.38. The van der Waals surface area contributed by atoms with Gasteiger partial charge in [0.25, 0.3) is 0 Å². The van der Waals surface area contributed by atoms with E-state index >= 15 is 0 Å². The molecule has 29 heavy (non-hydrogen) atoms. The van der Waals surface area contributed by atoms with Crippen molar-refractivity contribution in [2.24, 2.45) is 17.8 Å². The van der Waals surface area contributed by atoms with Crippen molar-refractivity contribution >= 4 is 0 Å². The van der Waals surface area contributed by atoms with Gasteiger partial charge in [-0.25, -0.2) is 0 Å². The fourth-order valence-corrected chi connectivity index (χ4v) is 6.10. The Morgan fingerprint density at radius 2 is 1.10 bits per heavy atom. The Hall–Kier alpha value is -0.780. The molecule has 2 fully saturated rings. The number of rotatable bonds is 11. The Balaban J connectivity index is 1.34. The first kappa shape index (κ1) is 22.9. The van der Waals surface area contributed by atoms with Crippen LogP contribution in [-0.2, 0) is 6.42 Å². The van der Waals surface area contributed by atoms with E-state index in [-0.39, 0.29) is 0 Å². The van der Waals surface area contributed by atoms with Crippen molar-refractivity contribution in [3.05, 3.63) is 35.4 Å². The molecule has 1 aromatic carbocycles. The van der Waals surface area contributed by atoms with Gasteiger partial charge in [0.15, 0.2) is 0 Å². The lowest BCUT2D eigenvalue weighted by Crippen LogP contribution is -2.15. The first-order valence-electron chi connectivity index (χ1n) is 13.4. The normalized spacial score (nSPS) is 27.8. The van der Waals surface area contributed by atoms with Gasteiger partial charge in [0.05, 0.1) is 0 Å². The molecular weight excluding hydrogens is 348 g/mol. The third-order valence-electron chi connectivity index (χ3n) is 8.29. The molecule has 0 atom stereocenters. The van der Waals surface area contributed by atoms with E-state index in [0.29, 0.717) is 0 Å². The van der Waals surface area contributed by atoms with Crippen LogP contribution in [0.3, 0.4) is 0 Å². The molecule has 2 aliphatic rings. The highest BCUT2D eigenvalue weighted by Gasteiger charge is 2.22. The Morgan fingerprint density at radius 3 is 1.69 bits per heavy atom. The minimum Gasteiger partial charge on any atom is -0.0654 e. The van der Waals surface area contributed by atoms with Gasteiger partial charge >= 0.3 is 0 Å². The minimum atomic E-state index is 0.838. The molecule has 0 saturated heterocycles. The Kier molecular flexibility index (Phi) is 10.1. The zero-order valence-electron chi connectivity index (χ0n) is 19.6. The molecule has 0 amide bonds. The first-order chi connectivity index (χ1) is 14.3. The van der Waals surface area contributed by atoms with Crippen LogP contribution in [-0.4, -0.2) is 0 Å². The SMILES string of the molecule is CCCCCC1CCC(c2ccc(CCC3CCC(CCCC)CC3)cc2)CC1. The van der Waals surface area contributed by atoms with Crippen molar-refractivity contribution in [1.29, 1.82) is 0 Å². The molecule has 0 bridgehead atoms. The highest BCUT2D eigenvalue weighted by molar-refractivity contribution is 5.26. The van der Waals surface area contributed by atoms with E-state index in [4.69, 9.17) is 0 Å². The van der Waals surface area contributed by atoms with Crippen LogP contribution in [0.25, 0.3) is 0 Å². The second-order valence-corrected chi connectivity index (χ2v) is 10.5. The summed E-state index contributed by atoms with van der Waals surface area (Å²) in [7, 11) is 0. The number of hydrogen-bond donors (Lipinski definition) is 0. The Bertz CT molecular complexity index is 526. The van der Waals surface area contributed by atoms with Crippen molar-refractivity contribution in [3.8, 4) is 0 Å². The van der Waals surface area contributed by atoms with Gasteiger partial charge in [-0.3, -0.25) is 0 Å². The maximum absolute atomic E-state index is 2.47. The van der Waals surface area contributed by atoms with Crippen molar-refractivity contribution in [1.82, 2.24) is 0 Å². The molecular formula is C29H48. The number of unbranched alkanes of at least 4 members (excludes halogenated alkanes) is 3. The molecule has 0 nitrogen and oxygen atoms in total. The zero-order chi connectivity index (χ0) is 20.3. The predicted octanol–water partition coefficient (Wildman–Crippen LogP) is 9.47. The van der Waals surface area contributed by atoms with Crippen molar-refractivity contribution in [2.75, 3.05) is 0 Å². The molecule has 2 aliphatic carbocycles. The van der Waals surface area contributed by atoms with E-state index in [1.807, 2.05) is 0 Å². The maximum Gasteiger partial charge on any atom is -0.0162 e. The summed E-state index contributed by atoms with van der Waals surface area (Å²) in [6, 6.07) is 9.85. The van der Waals surface area contributed by atoms with E-state index in [1.165, 1.54) is 109 Å². The second kappa shape index (κ2) is 12.8. The fraction of sp³-hybridized carbons (Fsp3) is 0.793. The van der Waals surface area contributed by atoms with Gasteiger partial charge < -0.3 is 0 Å². The summed E-state index contributed by atoms with van der Waals surface area (Å²) in [5, 5.41) is 0. The quantitative estimate of drug-likeness (QED) is 0.327. The average molecular weight is 397 g/mol. The van der Waals surface area contributed by atoms with Crippen molar-refractivity contribution in [3.63, 3.8) is 0 Å². The number of benzene rings is 1. The highest BCUT2D eigenvalue weighted by atomic mass is 14.3. The second-order valence-electron chi connectivity index (χ2n) is 10.5. The third-order valence-corrected chi connectivity index (χ3v) is 8.29. The lowest BCUT2D eigenvalue weighted by molar-refractivity contribution is 0.250. The maximum atomic E-state index is 2.47. The topological polar surface area (TPSA) is 0 Å². The van der Waals surface area contributed by atoms with Gasteiger partial charge in [0, 0.05) is 0 Å². The van der Waals surface area contributed by atoms with Gasteiger partial charge in [-0.15, -0.1) is 0 Å². The molecule has 0 aromatic heterocycles.